The summed E-state index contributed by atoms with van der Waals surface area (Å²) in [5, 5.41) is 4.55. The highest BCUT2D eigenvalue weighted by Crippen LogP contribution is 2.27. The zero-order valence-corrected chi connectivity index (χ0v) is 19.5. The van der Waals surface area contributed by atoms with E-state index in [4.69, 9.17) is 4.74 Å². The third-order valence-electron chi connectivity index (χ3n) is 6.03. The Morgan fingerprint density at radius 3 is 2.51 bits per heavy atom. The number of aromatic nitrogens is 4. The molecule has 0 radical (unpaired) electrons. The minimum Gasteiger partial charge on any atom is -0.378 e. The Kier molecular flexibility index (Phi) is 5.31. The molecular formula is C25H22N6O3S. The number of pyridine rings is 1. The minimum absolute atomic E-state index is 0.125. The van der Waals surface area contributed by atoms with Gasteiger partial charge in [0.1, 0.15) is 4.90 Å². The number of anilines is 3. The highest BCUT2D eigenvalue weighted by atomic mass is 32.2. The molecule has 9 nitrogen and oxygen atoms in total. The lowest BCUT2D eigenvalue weighted by atomic mass is 10.2. The molecule has 0 saturated carbocycles. The Morgan fingerprint density at radius 1 is 0.886 bits per heavy atom. The summed E-state index contributed by atoms with van der Waals surface area (Å²) in [5.41, 5.74) is 2.64. The van der Waals surface area contributed by atoms with E-state index in [2.05, 4.69) is 25.2 Å². The molecule has 35 heavy (non-hydrogen) atoms. The molecule has 176 valence electrons. The first-order chi connectivity index (χ1) is 17.1. The van der Waals surface area contributed by atoms with Crippen LogP contribution in [0, 0.1) is 0 Å². The van der Waals surface area contributed by atoms with Crippen LogP contribution in [0.25, 0.3) is 21.9 Å². The number of ether oxygens (including phenoxy) is 1. The standard InChI is InChI=1S/C25H22N6O3S/c32-35(33,22-5-1-3-18-4-2-11-26-23(18)22)31-12-10-19-17-27-25(29-24(19)31)28-20-6-8-21(9-7-20)30-13-15-34-16-14-30/h1-12,17H,13-16H2,(H,27,28,29). The van der Waals surface area contributed by atoms with Crippen molar-refractivity contribution in [3.05, 3.63) is 79.3 Å². The van der Waals surface area contributed by atoms with Gasteiger partial charge in [-0.1, -0.05) is 18.2 Å². The van der Waals surface area contributed by atoms with Gasteiger partial charge in [0.05, 0.1) is 18.7 Å². The van der Waals surface area contributed by atoms with Gasteiger partial charge in [-0.05, 0) is 42.5 Å². The molecule has 0 unspecified atom stereocenters. The van der Waals surface area contributed by atoms with Crippen LogP contribution in [0.1, 0.15) is 0 Å². The summed E-state index contributed by atoms with van der Waals surface area (Å²) < 4.78 is 33.8. The van der Waals surface area contributed by atoms with Crippen LogP contribution in [0.5, 0.6) is 0 Å². The fourth-order valence-electron chi connectivity index (χ4n) is 4.25. The van der Waals surface area contributed by atoms with Gasteiger partial charge < -0.3 is 15.0 Å². The van der Waals surface area contributed by atoms with Crippen LogP contribution in [0.15, 0.2) is 84.1 Å². The molecule has 1 N–H and O–H groups in total. The van der Waals surface area contributed by atoms with E-state index in [1.165, 1.54) is 10.2 Å². The Hall–Kier alpha value is -4.02. The number of para-hydroxylation sites is 1. The molecule has 1 fully saturated rings. The van der Waals surface area contributed by atoms with Gasteiger partial charge in [0, 0.05) is 53.8 Å². The average molecular weight is 487 g/mol. The maximum absolute atomic E-state index is 13.6. The molecule has 0 amide bonds. The van der Waals surface area contributed by atoms with Crippen LogP contribution in [0.4, 0.5) is 17.3 Å². The lowest BCUT2D eigenvalue weighted by molar-refractivity contribution is 0.122. The smallest absolute Gasteiger partial charge is 0.271 e. The topological polar surface area (TPSA) is 102 Å². The van der Waals surface area contributed by atoms with E-state index in [0.717, 1.165) is 43.1 Å². The normalized spacial score (nSPS) is 14.5. The first-order valence-corrected chi connectivity index (χ1v) is 12.7. The second-order valence-corrected chi connectivity index (χ2v) is 9.98. The fraction of sp³-hybridized carbons (Fsp3) is 0.160. The van der Waals surface area contributed by atoms with Crippen LogP contribution < -0.4 is 10.2 Å². The van der Waals surface area contributed by atoms with Gasteiger partial charge in [-0.15, -0.1) is 0 Å². The summed E-state index contributed by atoms with van der Waals surface area (Å²) >= 11 is 0. The van der Waals surface area contributed by atoms with Gasteiger partial charge in [0.15, 0.2) is 5.65 Å². The quantitative estimate of drug-likeness (QED) is 0.400. The van der Waals surface area contributed by atoms with E-state index >= 15 is 0 Å². The van der Waals surface area contributed by atoms with Gasteiger partial charge in [-0.25, -0.2) is 17.4 Å². The predicted molar refractivity (Wildman–Crippen MR) is 135 cm³/mol. The molecule has 1 aliphatic rings. The number of hydrogen-bond acceptors (Lipinski definition) is 8. The van der Waals surface area contributed by atoms with Crippen LogP contribution in [-0.4, -0.2) is 53.6 Å². The van der Waals surface area contributed by atoms with Gasteiger partial charge >= 0.3 is 0 Å². The van der Waals surface area contributed by atoms with Crippen molar-refractivity contribution < 1.29 is 13.2 Å². The molecule has 4 heterocycles. The molecule has 1 saturated heterocycles. The third-order valence-corrected chi connectivity index (χ3v) is 7.72. The summed E-state index contributed by atoms with van der Waals surface area (Å²) in [6, 6.07) is 18.4. The van der Waals surface area contributed by atoms with Gasteiger partial charge in [0.25, 0.3) is 10.0 Å². The van der Waals surface area contributed by atoms with Crippen molar-refractivity contribution >= 4 is 49.3 Å². The van der Waals surface area contributed by atoms with Crippen molar-refractivity contribution in [2.45, 2.75) is 4.90 Å². The van der Waals surface area contributed by atoms with E-state index in [9.17, 15) is 8.42 Å². The van der Waals surface area contributed by atoms with Gasteiger partial charge in [-0.3, -0.25) is 4.98 Å². The summed E-state index contributed by atoms with van der Waals surface area (Å²) in [6.07, 6.45) is 4.70. The lowest BCUT2D eigenvalue weighted by Gasteiger charge is -2.28. The molecule has 0 bridgehead atoms. The average Bonchev–Trinajstić information content (AvgIpc) is 3.33. The highest BCUT2D eigenvalue weighted by molar-refractivity contribution is 7.90. The van der Waals surface area contributed by atoms with Crippen molar-refractivity contribution in [1.82, 2.24) is 18.9 Å². The molecule has 6 rings (SSSR count). The van der Waals surface area contributed by atoms with Crippen LogP contribution in [-0.2, 0) is 14.8 Å². The SMILES string of the molecule is O=S(=O)(c1cccc2cccnc12)n1ccc2cnc(Nc3ccc(N4CCOCC4)cc3)nc21. The number of nitrogens with one attached hydrogen (secondary N) is 1. The molecule has 10 heteroatoms. The van der Waals surface area contributed by atoms with Crippen LogP contribution >= 0.6 is 0 Å². The molecule has 3 aromatic heterocycles. The second kappa shape index (κ2) is 8.64. The Morgan fingerprint density at radius 2 is 1.69 bits per heavy atom. The van der Waals surface area contributed by atoms with Crippen LogP contribution in [0.2, 0.25) is 0 Å². The Bertz CT molecular complexity index is 1620. The lowest BCUT2D eigenvalue weighted by Crippen LogP contribution is -2.36. The molecule has 0 atom stereocenters. The Labute approximate surface area is 202 Å². The number of nitrogens with zero attached hydrogens (tertiary/aromatic N) is 5. The van der Waals surface area contributed by atoms with E-state index in [0.29, 0.717) is 22.5 Å². The second-order valence-electron chi connectivity index (χ2n) is 8.19. The van der Waals surface area contributed by atoms with Crippen molar-refractivity contribution in [2.75, 3.05) is 36.5 Å². The number of benzene rings is 2. The Balaban J connectivity index is 1.33. The third kappa shape index (κ3) is 3.96. The number of hydrogen-bond donors (Lipinski definition) is 1. The summed E-state index contributed by atoms with van der Waals surface area (Å²) in [6.45, 7) is 3.19. The molecule has 2 aromatic carbocycles. The number of rotatable bonds is 5. The predicted octanol–water partition coefficient (Wildman–Crippen LogP) is 3.80. The van der Waals surface area contributed by atoms with Crippen molar-refractivity contribution in [1.29, 1.82) is 0 Å². The zero-order chi connectivity index (χ0) is 23.8. The van der Waals surface area contributed by atoms with E-state index in [1.54, 1.807) is 36.7 Å². The highest BCUT2D eigenvalue weighted by Gasteiger charge is 2.23. The fourth-order valence-corrected chi connectivity index (χ4v) is 5.72. The summed E-state index contributed by atoms with van der Waals surface area (Å²) in [4.78, 5) is 15.6. The van der Waals surface area contributed by atoms with E-state index < -0.39 is 10.0 Å². The molecule has 5 aromatic rings. The van der Waals surface area contributed by atoms with Crippen molar-refractivity contribution in [2.24, 2.45) is 0 Å². The van der Waals surface area contributed by atoms with E-state index in [-0.39, 0.29) is 4.90 Å². The first-order valence-electron chi connectivity index (χ1n) is 11.2. The maximum Gasteiger partial charge on any atom is 0.271 e. The minimum atomic E-state index is -3.94. The largest absolute Gasteiger partial charge is 0.378 e. The summed E-state index contributed by atoms with van der Waals surface area (Å²) in [5.74, 6) is 0.308. The molecule has 1 aliphatic heterocycles. The molecular weight excluding hydrogens is 464 g/mol. The monoisotopic (exact) mass is 486 g/mol. The van der Waals surface area contributed by atoms with E-state index in [1.807, 2.05) is 36.4 Å². The first kappa shape index (κ1) is 21.5. The summed E-state index contributed by atoms with van der Waals surface area (Å²) in [7, 11) is -3.94. The van der Waals surface area contributed by atoms with Crippen molar-refractivity contribution in [3.63, 3.8) is 0 Å². The van der Waals surface area contributed by atoms with Gasteiger partial charge in [0.2, 0.25) is 5.95 Å². The van der Waals surface area contributed by atoms with Gasteiger partial charge in [-0.2, -0.15) is 4.98 Å². The maximum atomic E-state index is 13.6. The molecule has 0 aliphatic carbocycles. The van der Waals surface area contributed by atoms with Crippen LogP contribution in [0.3, 0.4) is 0 Å². The zero-order valence-electron chi connectivity index (χ0n) is 18.7. The molecule has 0 spiro atoms. The van der Waals surface area contributed by atoms with Crippen molar-refractivity contribution in [3.8, 4) is 0 Å². The number of morpholine rings is 1. The number of fused-ring (bicyclic) bond motifs is 2.